The van der Waals surface area contributed by atoms with Crippen LogP contribution in [-0.2, 0) is 6.18 Å². The SMILES string of the molecule is COc1ccc(NC(N)=NC2CC(c3ccc(C(F)(F)F)cc3)C2)cc1.I. The molecule has 0 saturated heterocycles. The van der Waals surface area contributed by atoms with E-state index < -0.39 is 11.7 Å². The standard InChI is InChI=1S/C19H20F3N3O.HI/c1-26-17-8-6-15(7-9-17)24-18(23)25-16-10-13(11-16)12-2-4-14(5-3-12)19(20,21)22;/h2-9,13,16H,10-11H2,1H3,(H3,23,24,25);1H. The number of nitrogens with zero attached hydrogens (tertiary/aromatic N) is 1. The van der Waals surface area contributed by atoms with Gasteiger partial charge in [-0.2, -0.15) is 13.2 Å². The van der Waals surface area contributed by atoms with Crippen LogP contribution in [0, 0.1) is 0 Å². The van der Waals surface area contributed by atoms with Crippen LogP contribution in [0.1, 0.15) is 29.9 Å². The number of ether oxygens (including phenoxy) is 1. The number of rotatable bonds is 4. The lowest BCUT2D eigenvalue weighted by molar-refractivity contribution is -0.137. The van der Waals surface area contributed by atoms with Gasteiger partial charge in [0, 0.05) is 5.69 Å². The van der Waals surface area contributed by atoms with Gasteiger partial charge in [0.15, 0.2) is 5.96 Å². The number of nitrogens with one attached hydrogen (secondary N) is 1. The van der Waals surface area contributed by atoms with E-state index in [1.165, 1.54) is 0 Å². The number of alkyl halides is 3. The zero-order valence-corrected chi connectivity index (χ0v) is 17.0. The molecule has 8 heteroatoms. The smallest absolute Gasteiger partial charge is 0.416 e. The third kappa shape index (κ3) is 5.50. The van der Waals surface area contributed by atoms with Crippen LogP contribution in [0.2, 0.25) is 0 Å². The quantitative estimate of drug-likeness (QED) is 0.360. The number of methoxy groups -OCH3 is 1. The molecule has 0 spiro atoms. The molecule has 4 nitrogen and oxygen atoms in total. The van der Waals surface area contributed by atoms with Crippen molar-refractivity contribution in [3.63, 3.8) is 0 Å². The molecule has 146 valence electrons. The van der Waals surface area contributed by atoms with Crippen molar-refractivity contribution in [1.29, 1.82) is 0 Å². The Kier molecular flexibility index (Phi) is 6.96. The second-order valence-corrected chi connectivity index (χ2v) is 6.31. The molecule has 1 aliphatic carbocycles. The van der Waals surface area contributed by atoms with E-state index >= 15 is 0 Å². The first kappa shape index (κ1) is 21.3. The normalized spacial score (nSPS) is 19.6. The van der Waals surface area contributed by atoms with Crippen molar-refractivity contribution in [3.05, 3.63) is 59.7 Å². The minimum absolute atomic E-state index is 0. The highest BCUT2D eigenvalue weighted by atomic mass is 127. The van der Waals surface area contributed by atoms with Crippen LogP contribution >= 0.6 is 24.0 Å². The van der Waals surface area contributed by atoms with Crippen molar-refractivity contribution in [3.8, 4) is 5.75 Å². The Morgan fingerprint density at radius 2 is 1.67 bits per heavy atom. The number of guanidine groups is 1. The average Bonchev–Trinajstić information content (AvgIpc) is 2.58. The summed E-state index contributed by atoms with van der Waals surface area (Å²) in [6, 6.07) is 12.8. The zero-order valence-electron chi connectivity index (χ0n) is 14.7. The Bertz CT molecular complexity index is 770. The molecular formula is C19H21F3IN3O. The number of halogens is 4. The van der Waals surface area contributed by atoms with Gasteiger partial charge in [0.1, 0.15) is 5.75 Å². The minimum atomic E-state index is -4.30. The summed E-state index contributed by atoms with van der Waals surface area (Å²) < 4.78 is 42.9. The van der Waals surface area contributed by atoms with Gasteiger partial charge in [0.25, 0.3) is 0 Å². The van der Waals surface area contributed by atoms with Gasteiger partial charge in [-0.15, -0.1) is 24.0 Å². The van der Waals surface area contributed by atoms with Crippen LogP contribution in [0.4, 0.5) is 18.9 Å². The second kappa shape index (κ2) is 8.81. The Labute approximate surface area is 173 Å². The first-order chi connectivity index (χ1) is 12.3. The highest BCUT2D eigenvalue weighted by Crippen LogP contribution is 2.40. The lowest BCUT2D eigenvalue weighted by atomic mass is 9.76. The predicted octanol–water partition coefficient (Wildman–Crippen LogP) is 5.00. The number of anilines is 1. The van der Waals surface area contributed by atoms with E-state index in [-0.39, 0.29) is 35.9 Å². The largest absolute Gasteiger partial charge is 0.497 e. The van der Waals surface area contributed by atoms with E-state index in [0.29, 0.717) is 5.96 Å². The van der Waals surface area contributed by atoms with E-state index in [1.807, 2.05) is 24.3 Å². The van der Waals surface area contributed by atoms with Gasteiger partial charge in [0.05, 0.1) is 18.7 Å². The van der Waals surface area contributed by atoms with Crippen LogP contribution in [0.5, 0.6) is 5.75 Å². The van der Waals surface area contributed by atoms with Gasteiger partial charge < -0.3 is 15.8 Å². The molecule has 0 heterocycles. The molecule has 1 saturated carbocycles. The molecule has 3 rings (SSSR count). The van der Waals surface area contributed by atoms with Gasteiger partial charge >= 0.3 is 6.18 Å². The van der Waals surface area contributed by atoms with E-state index in [9.17, 15) is 13.2 Å². The van der Waals surface area contributed by atoms with Crippen molar-refractivity contribution in [2.45, 2.75) is 31.0 Å². The molecular weight excluding hydrogens is 470 g/mol. The van der Waals surface area contributed by atoms with Crippen LogP contribution in [0.3, 0.4) is 0 Å². The third-order valence-electron chi connectivity index (χ3n) is 4.51. The molecule has 27 heavy (non-hydrogen) atoms. The second-order valence-electron chi connectivity index (χ2n) is 6.31. The number of hydrogen-bond acceptors (Lipinski definition) is 2. The molecule has 0 radical (unpaired) electrons. The lowest BCUT2D eigenvalue weighted by Gasteiger charge is -2.33. The molecule has 0 unspecified atom stereocenters. The van der Waals surface area contributed by atoms with E-state index in [2.05, 4.69) is 10.3 Å². The summed E-state index contributed by atoms with van der Waals surface area (Å²) in [6.07, 6.45) is -2.75. The first-order valence-corrected chi connectivity index (χ1v) is 8.26. The fraction of sp³-hybridized carbons (Fsp3) is 0.316. The van der Waals surface area contributed by atoms with Crippen molar-refractivity contribution < 1.29 is 17.9 Å². The fourth-order valence-electron chi connectivity index (χ4n) is 2.96. The molecule has 2 aromatic carbocycles. The van der Waals surface area contributed by atoms with Crippen LogP contribution < -0.4 is 15.8 Å². The maximum Gasteiger partial charge on any atom is 0.416 e. The predicted molar refractivity (Wildman–Crippen MR) is 111 cm³/mol. The summed E-state index contributed by atoms with van der Waals surface area (Å²) in [5.74, 6) is 1.30. The summed E-state index contributed by atoms with van der Waals surface area (Å²) in [7, 11) is 1.60. The highest BCUT2D eigenvalue weighted by Gasteiger charge is 2.33. The van der Waals surface area contributed by atoms with Gasteiger partial charge in [-0.1, -0.05) is 12.1 Å². The Balaban J connectivity index is 0.00000261. The Morgan fingerprint density at radius 1 is 1.07 bits per heavy atom. The fourth-order valence-corrected chi connectivity index (χ4v) is 2.96. The van der Waals surface area contributed by atoms with Crippen molar-refractivity contribution in [2.75, 3.05) is 12.4 Å². The van der Waals surface area contributed by atoms with E-state index in [0.717, 1.165) is 42.0 Å². The molecule has 0 bridgehead atoms. The highest BCUT2D eigenvalue weighted by molar-refractivity contribution is 14.0. The Hall–Kier alpha value is -1.97. The van der Waals surface area contributed by atoms with Gasteiger partial charge in [0.2, 0.25) is 0 Å². The topological polar surface area (TPSA) is 59.6 Å². The molecule has 1 fully saturated rings. The molecule has 3 N–H and O–H groups in total. The maximum absolute atomic E-state index is 12.6. The van der Waals surface area contributed by atoms with E-state index in [4.69, 9.17) is 10.5 Å². The summed E-state index contributed by atoms with van der Waals surface area (Å²) >= 11 is 0. The number of aliphatic imine (C=N–C) groups is 1. The average molecular weight is 491 g/mol. The lowest BCUT2D eigenvalue weighted by Crippen LogP contribution is -2.31. The van der Waals surface area contributed by atoms with Crippen molar-refractivity contribution in [1.82, 2.24) is 0 Å². The van der Waals surface area contributed by atoms with E-state index in [1.54, 1.807) is 19.2 Å². The number of benzene rings is 2. The molecule has 0 amide bonds. The minimum Gasteiger partial charge on any atom is -0.497 e. The monoisotopic (exact) mass is 491 g/mol. The third-order valence-corrected chi connectivity index (χ3v) is 4.51. The van der Waals surface area contributed by atoms with Crippen molar-refractivity contribution in [2.24, 2.45) is 10.7 Å². The number of hydrogen-bond donors (Lipinski definition) is 2. The molecule has 0 aliphatic heterocycles. The first-order valence-electron chi connectivity index (χ1n) is 8.26. The molecule has 2 aromatic rings. The molecule has 0 aromatic heterocycles. The van der Waals surface area contributed by atoms with Crippen LogP contribution in [-0.4, -0.2) is 19.1 Å². The zero-order chi connectivity index (χ0) is 18.7. The van der Waals surface area contributed by atoms with Crippen LogP contribution in [0.15, 0.2) is 53.5 Å². The van der Waals surface area contributed by atoms with Gasteiger partial charge in [-0.25, -0.2) is 4.99 Å². The summed E-state index contributed by atoms with van der Waals surface area (Å²) in [4.78, 5) is 4.42. The molecule has 0 atom stereocenters. The summed E-state index contributed by atoms with van der Waals surface area (Å²) in [6.45, 7) is 0. The molecule has 1 aliphatic rings. The Morgan fingerprint density at radius 3 is 2.19 bits per heavy atom. The summed E-state index contributed by atoms with van der Waals surface area (Å²) in [5, 5.41) is 3.02. The van der Waals surface area contributed by atoms with Crippen molar-refractivity contribution >= 4 is 35.6 Å². The van der Waals surface area contributed by atoms with Gasteiger partial charge in [-0.05, 0) is 60.7 Å². The maximum atomic E-state index is 12.6. The summed E-state index contributed by atoms with van der Waals surface area (Å²) in [5.41, 5.74) is 7.02. The van der Waals surface area contributed by atoms with Crippen LogP contribution in [0.25, 0.3) is 0 Å². The number of nitrogens with two attached hydrogens (primary N) is 1. The van der Waals surface area contributed by atoms with Gasteiger partial charge in [-0.3, -0.25) is 0 Å².